The third-order valence-corrected chi connectivity index (χ3v) is 7.36. The standard InChI is InChI=1S/C23H37N5O3.HI/c1-3-24-23(26-15-16-6-9-27(10-7-16)12-13-31-2)25-8-11-28-21(29)19-17-4-5-18(14-17)20(19)22(28)30;/h4-5,16-20H,3,6-15H2,1-2H3,(H2,24,25,26);1H. The average Bonchev–Trinajstić information content (AvgIpc) is 3.46. The van der Waals surface area contributed by atoms with Crippen LogP contribution in [-0.4, -0.2) is 87.1 Å². The number of hydrogen-bond donors (Lipinski definition) is 2. The lowest BCUT2D eigenvalue weighted by Crippen LogP contribution is -2.44. The summed E-state index contributed by atoms with van der Waals surface area (Å²) in [5.74, 6) is 1.72. The van der Waals surface area contributed by atoms with Gasteiger partial charge in [0, 0.05) is 39.8 Å². The fourth-order valence-corrected chi connectivity index (χ4v) is 5.65. The molecule has 2 saturated heterocycles. The van der Waals surface area contributed by atoms with Gasteiger partial charge in [0.15, 0.2) is 5.96 Å². The molecular weight excluding hydrogens is 521 g/mol. The molecule has 1 saturated carbocycles. The smallest absolute Gasteiger partial charge is 0.233 e. The molecule has 0 aromatic rings. The molecule has 2 aliphatic carbocycles. The molecule has 4 aliphatic rings. The molecule has 2 heterocycles. The molecule has 180 valence electrons. The second-order valence-corrected chi connectivity index (χ2v) is 9.25. The van der Waals surface area contributed by atoms with Crippen molar-refractivity contribution in [1.29, 1.82) is 0 Å². The number of hydrogen-bond acceptors (Lipinski definition) is 5. The summed E-state index contributed by atoms with van der Waals surface area (Å²) in [4.78, 5) is 34.3. The van der Waals surface area contributed by atoms with Crippen molar-refractivity contribution in [3.05, 3.63) is 12.2 Å². The van der Waals surface area contributed by atoms with Gasteiger partial charge < -0.3 is 20.3 Å². The molecular formula is C23H38IN5O3. The maximum Gasteiger partial charge on any atom is 0.233 e. The number of amides is 2. The van der Waals surface area contributed by atoms with E-state index in [0.717, 1.165) is 64.6 Å². The number of carbonyl (C=O) groups is 2. The van der Waals surface area contributed by atoms with Crippen LogP contribution in [0.15, 0.2) is 17.1 Å². The number of ether oxygens (including phenoxy) is 1. The molecule has 3 fully saturated rings. The Balaban J connectivity index is 0.00000289. The number of fused-ring (bicyclic) bond motifs is 5. The van der Waals surface area contributed by atoms with E-state index in [1.54, 1.807) is 7.11 Å². The molecule has 2 aliphatic heterocycles. The number of allylic oxidation sites excluding steroid dienone is 2. The van der Waals surface area contributed by atoms with Gasteiger partial charge in [-0.15, -0.1) is 24.0 Å². The lowest BCUT2D eigenvalue weighted by molar-refractivity contribution is -0.140. The van der Waals surface area contributed by atoms with Gasteiger partial charge in [-0.25, -0.2) is 0 Å². The molecule has 2 N–H and O–H groups in total. The van der Waals surface area contributed by atoms with Crippen molar-refractivity contribution in [1.82, 2.24) is 20.4 Å². The van der Waals surface area contributed by atoms with E-state index in [9.17, 15) is 9.59 Å². The Morgan fingerprint density at radius 1 is 1.09 bits per heavy atom. The zero-order chi connectivity index (χ0) is 21.8. The van der Waals surface area contributed by atoms with Crippen molar-refractivity contribution in [2.24, 2.45) is 34.6 Å². The van der Waals surface area contributed by atoms with Crippen LogP contribution in [0.25, 0.3) is 0 Å². The molecule has 32 heavy (non-hydrogen) atoms. The Morgan fingerprint density at radius 3 is 2.34 bits per heavy atom. The molecule has 0 radical (unpaired) electrons. The van der Waals surface area contributed by atoms with Crippen LogP contribution >= 0.6 is 24.0 Å². The monoisotopic (exact) mass is 559 g/mol. The number of imide groups is 1. The van der Waals surface area contributed by atoms with Crippen molar-refractivity contribution in [3.8, 4) is 0 Å². The Bertz CT molecular complexity index is 692. The number of piperidine rings is 1. The van der Waals surface area contributed by atoms with Gasteiger partial charge in [0.2, 0.25) is 11.8 Å². The topological polar surface area (TPSA) is 86.3 Å². The van der Waals surface area contributed by atoms with E-state index >= 15 is 0 Å². The quantitative estimate of drug-likeness (QED) is 0.146. The lowest BCUT2D eigenvalue weighted by Gasteiger charge is -2.31. The molecule has 4 rings (SSSR count). The number of nitrogens with zero attached hydrogens (tertiary/aromatic N) is 3. The molecule has 9 heteroatoms. The number of rotatable bonds is 9. The molecule has 0 spiro atoms. The summed E-state index contributed by atoms with van der Waals surface area (Å²) in [7, 11) is 1.75. The van der Waals surface area contributed by atoms with Gasteiger partial charge in [-0.1, -0.05) is 12.2 Å². The number of likely N-dealkylation sites (tertiary alicyclic amines) is 2. The molecule has 8 nitrogen and oxygen atoms in total. The van der Waals surface area contributed by atoms with Crippen LogP contribution in [-0.2, 0) is 14.3 Å². The van der Waals surface area contributed by atoms with Gasteiger partial charge in [-0.2, -0.15) is 0 Å². The van der Waals surface area contributed by atoms with Crippen LogP contribution in [0, 0.1) is 29.6 Å². The van der Waals surface area contributed by atoms with Crippen LogP contribution in [0.4, 0.5) is 0 Å². The first kappa shape index (κ1) is 25.4. The van der Waals surface area contributed by atoms with Gasteiger partial charge in [-0.05, 0) is 57.0 Å². The maximum atomic E-state index is 12.8. The van der Waals surface area contributed by atoms with E-state index in [1.807, 2.05) is 6.92 Å². The summed E-state index contributed by atoms with van der Waals surface area (Å²) in [5, 5.41) is 6.60. The number of guanidine groups is 1. The first-order valence-electron chi connectivity index (χ1n) is 11.9. The lowest BCUT2D eigenvalue weighted by atomic mass is 9.85. The highest BCUT2D eigenvalue weighted by Gasteiger charge is 2.58. The minimum absolute atomic E-state index is 0. The number of nitrogens with one attached hydrogen (secondary N) is 2. The van der Waals surface area contributed by atoms with E-state index in [2.05, 4.69) is 27.7 Å². The minimum Gasteiger partial charge on any atom is -0.383 e. The van der Waals surface area contributed by atoms with E-state index in [1.165, 1.54) is 4.90 Å². The van der Waals surface area contributed by atoms with Crippen LogP contribution in [0.2, 0.25) is 0 Å². The highest BCUT2D eigenvalue weighted by molar-refractivity contribution is 14.0. The predicted molar refractivity (Wildman–Crippen MR) is 135 cm³/mol. The van der Waals surface area contributed by atoms with Crippen molar-refractivity contribution in [2.45, 2.75) is 26.2 Å². The maximum absolute atomic E-state index is 12.8. The van der Waals surface area contributed by atoms with Crippen molar-refractivity contribution in [3.63, 3.8) is 0 Å². The van der Waals surface area contributed by atoms with E-state index < -0.39 is 0 Å². The van der Waals surface area contributed by atoms with Crippen molar-refractivity contribution < 1.29 is 14.3 Å². The first-order chi connectivity index (χ1) is 15.1. The summed E-state index contributed by atoms with van der Waals surface area (Å²) in [6.07, 6.45) is 7.56. The highest BCUT2D eigenvalue weighted by Crippen LogP contribution is 2.52. The highest BCUT2D eigenvalue weighted by atomic mass is 127. The Morgan fingerprint density at radius 2 is 1.75 bits per heavy atom. The molecule has 4 atom stereocenters. The minimum atomic E-state index is -0.112. The number of carbonyl (C=O) groups excluding carboxylic acids is 2. The van der Waals surface area contributed by atoms with Gasteiger partial charge in [-0.3, -0.25) is 19.5 Å². The van der Waals surface area contributed by atoms with Gasteiger partial charge in [0.1, 0.15) is 0 Å². The Hall–Kier alpha value is -1.20. The van der Waals surface area contributed by atoms with Crippen LogP contribution in [0.1, 0.15) is 26.2 Å². The van der Waals surface area contributed by atoms with Crippen molar-refractivity contribution in [2.75, 3.05) is 59.5 Å². The number of methoxy groups -OCH3 is 1. The normalized spacial score (nSPS) is 30.1. The van der Waals surface area contributed by atoms with Crippen LogP contribution in [0.5, 0.6) is 0 Å². The largest absolute Gasteiger partial charge is 0.383 e. The van der Waals surface area contributed by atoms with Gasteiger partial charge in [0.05, 0.1) is 18.4 Å². The molecule has 0 aromatic heterocycles. The summed E-state index contributed by atoms with van der Waals surface area (Å²) in [6.45, 7) is 8.56. The average molecular weight is 559 g/mol. The first-order valence-corrected chi connectivity index (χ1v) is 11.9. The van der Waals surface area contributed by atoms with Gasteiger partial charge in [0.25, 0.3) is 0 Å². The van der Waals surface area contributed by atoms with E-state index in [4.69, 9.17) is 9.73 Å². The van der Waals surface area contributed by atoms with Gasteiger partial charge >= 0.3 is 0 Å². The number of halogens is 1. The summed E-state index contributed by atoms with van der Waals surface area (Å²) >= 11 is 0. The van der Waals surface area contributed by atoms with E-state index in [-0.39, 0.29) is 59.5 Å². The SMILES string of the molecule is CCNC(=NCC1CCN(CCOC)CC1)NCCN1C(=O)C2C3C=CC(C3)C2C1=O.I. The third kappa shape index (κ3) is 5.47. The van der Waals surface area contributed by atoms with Crippen molar-refractivity contribution >= 4 is 41.8 Å². The second kappa shape index (κ2) is 11.8. The number of aliphatic imine (C=N–C) groups is 1. The fraction of sp³-hybridized carbons (Fsp3) is 0.783. The third-order valence-electron chi connectivity index (χ3n) is 7.36. The summed E-state index contributed by atoms with van der Waals surface area (Å²) in [5.41, 5.74) is 0. The van der Waals surface area contributed by atoms with E-state index in [0.29, 0.717) is 19.0 Å². The van der Waals surface area contributed by atoms with Crippen LogP contribution < -0.4 is 10.6 Å². The second-order valence-electron chi connectivity index (χ2n) is 9.25. The summed E-state index contributed by atoms with van der Waals surface area (Å²) in [6, 6.07) is 0. The Labute approximate surface area is 208 Å². The zero-order valence-electron chi connectivity index (χ0n) is 19.3. The molecule has 2 amide bonds. The Kier molecular flexibility index (Phi) is 9.36. The zero-order valence-corrected chi connectivity index (χ0v) is 21.6. The predicted octanol–water partition coefficient (Wildman–Crippen LogP) is 1.33. The van der Waals surface area contributed by atoms with Crippen LogP contribution in [0.3, 0.4) is 0 Å². The fourth-order valence-electron chi connectivity index (χ4n) is 5.65. The summed E-state index contributed by atoms with van der Waals surface area (Å²) < 4.78 is 5.17. The molecule has 0 aromatic carbocycles. The molecule has 4 unspecified atom stereocenters. The molecule has 2 bridgehead atoms.